The van der Waals surface area contributed by atoms with E-state index in [1.165, 1.54) is 0 Å². The van der Waals surface area contributed by atoms with Crippen molar-refractivity contribution in [2.75, 3.05) is 0 Å². The number of hydrogen-bond acceptors (Lipinski definition) is 2. The zero-order chi connectivity index (χ0) is 13.9. The maximum absolute atomic E-state index is 12.2. The molecule has 0 aromatic heterocycles. The van der Waals surface area contributed by atoms with Crippen LogP contribution in [0.3, 0.4) is 0 Å². The van der Waals surface area contributed by atoms with E-state index in [0.717, 1.165) is 19.3 Å². The van der Waals surface area contributed by atoms with Crippen molar-refractivity contribution < 1.29 is 4.79 Å². The van der Waals surface area contributed by atoms with E-state index in [1.54, 1.807) is 18.2 Å². The van der Waals surface area contributed by atoms with Gasteiger partial charge in [0.15, 0.2) is 0 Å². The van der Waals surface area contributed by atoms with Gasteiger partial charge in [-0.25, -0.2) is 0 Å². The molecule has 100 valence electrons. The van der Waals surface area contributed by atoms with Gasteiger partial charge in [-0.3, -0.25) is 4.79 Å². The number of rotatable bonds is 2. The smallest absolute Gasteiger partial charge is 0.252 e. The van der Waals surface area contributed by atoms with Gasteiger partial charge in [-0.05, 0) is 31.0 Å². The van der Waals surface area contributed by atoms with E-state index in [2.05, 4.69) is 11.4 Å². The third-order valence-electron chi connectivity index (χ3n) is 3.40. The molecule has 19 heavy (non-hydrogen) atoms. The molecule has 0 saturated heterocycles. The minimum absolute atomic E-state index is 0.298. The highest BCUT2D eigenvalue weighted by Gasteiger charge is 2.33. The standard InChI is InChI=1S/C14H14Cl2N2O/c15-11-6-10(7-12(16)8-11)13(19)18-14(9-17)4-2-1-3-5-14/h6-8H,1-5H2,(H,18,19). The molecule has 0 heterocycles. The van der Waals surface area contributed by atoms with Crippen LogP contribution in [0.25, 0.3) is 0 Å². The van der Waals surface area contributed by atoms with E-state index in [4.69, 9.17) is 23.2 Å². The molecular weight excluding hydrogens is 283 g/mol. The third kappa shape index (κ3) is 3.40. The minimum Gasteiger partial charge on any atom is -0.334 e. The largest absolute Gasteiger partial charge is 0.334 e. The molecule has 0 atom stereocenters. The van der Waals surface area contributed by atoms with Gasteiger partial charge in [-0.1, -0.05) is 42.5 Å². The highest BCUT2D eigenvalue weighted by atomic mass is 35.5. The predicted octanol–water partition coefficient (Wildman–Crippen LogP) is 3.95. The van der Waals surface area contributed by atoms with Crippen LogP contribution in [-0.2, 0) is 0 Å². The number of carbonyl (C=O) groups is 1. The normalized spacial score (nSPS) is 17.5. The Morgan fingerprint density at radius 3 is 2.26 bits per heavy atom. The lowest BCUT2D eigenvalue weighted by molar-refractivity contribution is 0.0902. The summed E-state index contributed by atoms with van der Waals surface area (Å²) in [7, 11) is 0. The quantitative estimate of drug-likeness (QED) is 0.898. The van der Waals surface area contributed by atoms with E-state index >= 15 is 0 Å². The predicted molar refractivity (Wildman–Crippen MR) is 75.4 cm³/mol. The number of halogens is 2. The van der Waals surface area contributed by atoms with E-state index in [1.807, 2.05) is 0 Å². The molecule has 0 bridgehead atoms. The molecule has 1 fully saturated rings. The lowest BCUT2D eigenvalue weighted by Gasteiger charge is -2.31. The van der Waals surface area contributed by atoms with E-state index in [0.29, 0.717) is 28.5 Å². The van der Waals surface area contributed by atoms with Gasteiger partial charge in [-0.15, -0.1) is 0 Å². The van der Waals surface area contributed by atoms with Gasteiger partial charge < -0.3 is 5.32 Å². The Hall–Kier alpha value is -1.24. The maximum atomic E-state index is 12.2. The zero-order valence-corrected chi connectivity index (χ0v) is 11.9. The minimum atomic E-state index is -0.746. The molecular formula is C14H14Cl2N2O. The van der Waals surface area contributed by atoms with Crippen LogP contribution in [0.4, 0.5) is 0 Å². The number of amides is 1. The number of nitrogens with zero attached hydrogens (tertiary/aromatic N) is 1. The molecule has 0 spiro atoms. The van der Waals surface area contributed by atoms with E-state index in [9.17, 15) is 10.1 Å². The fraction of sp³-hybridized carbons (Fsp3) is 0.429. The topological polar surface area (TPSA) is 52.9 Å². The van der Waals surface area contributed by atoms with Crippen molar-refractivity contribution >= 4 is 29.1 Å². The number of hydrogen-bond donors (Lipinski definition) is 1. The second-order valence-corrected chi connectivity index (χ2v) is 5.74. The molecule has 1 N–H and O–H groups in total. The molecule has 1 saturated carbocycles. The highest BCUT2D eigenvalue weighted by molar-refractivity contribution is 6.35. The molecule has 0 unspecified atom stereocenters. The van der Waals surface area contributed by atoms with Crippen LogP contribution in [0.15, 0.2) is 18.2 Å². The zero-order valence-electron chi connectivity index (χ0n) is 10.4. The summed E-state index contributed by atoms with van der Waals surface area (Å²) in [5.74, 6) is -0.298. The van der Waals surface area contributed by atoms with E-state index in [-0.39, 0.29) is 5.91 Å². The van der Waals surface area contributed by atoms with Gasteiger partial charge in [0.25, 0.3) is 5.91 Å². The van der Waals surface area contributed by atoms with Crippen LogP contribution < -0.4 is 5.32 Å². The van der Waals surface area contributed by atoms with Crippen LogP contribution in [0.1, 0.15) is 42.5 Å². The van der Waals surface area contributed by atoms with Crippen molar-refractivity contribution in [1.29, 1.82) is 5.26 Å². The monoisotopic (exact) mass is 296 g/mol. The highest BCUT2D eigenvalue weighted by Crippen LogP contribution is 2.28. The average molecular weight is 297 g/mol. The SMILES string of the molecule is N#CC1(NC(=O)c2cc(Cl)cc(Cl)c2)CCCCC1. The summed E-state index contributed by atoms with van der Waals surface area (Å²) in [4.78, 5) is 12.2. The Morgan fingerprint density at radius 2 is 1.74 bits per heavy atom. The lowest BCUT2D eigenvalue weighted by Crippen LogP contribution is -2.48. The van der Waals surface area contributed by atoms with Gasteiger partial charge in [0.05, 0.1) is 6.07 Å². The van der Waals surface area contributed by atoms with Crippen LogP contribution in [0, 0.1) is 11.3 Å². The number of carbonyl (C=O) groups excluding carboxylic acids is 1. The van der Waals surface area contributed by atoms with Gasteiger partial charge >= 0.3 is 0 Å². The van der Waals surface area contributed by atoms with Gasteiger partial charge in [0.1, 0.15) is 5.54 Å². The van der Waals surface area contributed by atoms with Crippen LogP contribution >= 0.6 is 23.2 Å². The summed E-state index contributed by atoms with van der Waals surface area (Å²) < 4.78 is 0. The Kier molecular flexibility index (Phi) is 4.34. The summed E-state index contributed by atoms with van der Waals surface area (Å²) in [5.41, 5.74) is -0.359. The van der Waals surface area contributed by atoms with Crippen molar-refractivity contribution in [3.05, 3.63) is 33.8 Å². The number of nitrogens with one attached hydrogen (secondary N) is 1. The molecule has 2 rings (SSSR count). The molecule has 1 aromatic rings. The Balaban J connectivity index is 2.18. The van der Waals surface area contributed by atoms with Gasteiger partial charge in [0.2, 0.25) is 0 Å². The summed E-state index contributed by atoms with van der Waals surface area (Å²) >= 11 is 11.8. The first-order chi connectivity index (χ1) is 9.04. The molecule has 0 radical (unpaired) electrons. The molecule has 1 aromatic carbocycles. The second kappa shape index (κ2) is 5.81. The van der Waals surface area contributed by atoms with Crippen LogP contribution in [-0.4, -0.2) is 11.4 Å². The average Bonchev–Trinajstić information content (AvgIpc) is 2.38. The summed E-state index contributed by atoms with van der Waals surface area (Å²) in [6, 6.07) is 6.92. The molecule has 3 nitrogen and oxygen atoms in total. The van der Waals surface area contributed by atoms with Crippen molar-refractivity contribution in [2.24, 2.45) is 0 Å². The first kappa shape index (κ1) is 14.2. The fourth-order valence-electron chi connectivity index (χ4n) is 2.39. The number of benzene rings is 1. The van der Waals surface area contributed by atoms with Crippen molar-refractivity contribution in [3.8, 4) is 6.07 Å². The van der Waals surface area contributed by atoms with Crippen molar-refractivity contribution in [3.63, 3.8) is 0 Å². The molecule has 1 aliphatic carbocycles. The van der Waals surface area contributed by atoms with Gasteiger partial charge in [0, 0.05) is 15.6 Å². The summed E-state index contributed by atoms with van der Waals surface area (Å²) in [6.45, 7) is 0. The first-order valence-electron chi connectivity index (χ1n) is 6.24. The van der Waals surface area contributed by atoms with Crippen molar-refractivity contribution in [1.82, 2.24) is 5.32 Å². The molecule has 0 aliphatic heterocycles. The maximum Gasteiger partial charge on any atom is 0.252 e. The van der Waals surface area contributed by atoms with Crippen molar-refractivity contribution in [2.45, 2.75) is 37.6 Å². The molecule has 5 heteroatoms. The molecule has 1 amide bonds. The Bertz CT molecular complexity index is 510. The summed E-state index contributed by atoms with van der Waals surface area (Å²) in [5, 5.41) is 13.0. The molecule has 1 aliphatic rings. The van der Waals surface area contributed by atoms with E-state index < -0.39 is 5.54 Å². The lowest BCUT2D eigenvalue weighted by atomic mass is 9.82. The first-order valence-corrected chi connectivity index (χ1v) is 7.00. The third-order valence-corrected chi connectivity index (χ3v) is 3.84. The Morgan fingerprint density at radius 1 is 1.16 bits per heavy atom. The second-order valence-electron chi connectivity index (χ2n) is 4.87. The van der Waals surface area contributed by atoms with Crippen LogP contribution in [0.2, 0.25) is 10.0 Å². The Labute approximate surface area is 122 Å². The summed E-state index contributed by atoms with van der Waals surface area (Å²) in [6.07, 6.45) is 4.43. The fourth-order valence-corrected chi connectivity index (χ4v) is 2.92. The van der Waals surface area contributed by atoms with Crippen LogP contribution in [0.5, 0.6) is 0 Å². The number of nitriles is 1. The van der Waals surface area contributed by atoms with Gasteiger partial charge in [-0.2, -0.15) is 5.26 Å².